The Morgan fingerprint density at radius 3 is 0.790 bits per heavy atom. The maximum absolute atomic E-state index is 11.2. The molecule has 0 radical (unpaired) electrons. The molecule has 0 saturated carbocycles. The molecule has 0 spiro atoms. The Kier molecular flexibility index (Phi) is 16.3. The molecule has 0 aromatic rings. The summed E-state index contributed by atoms with van der Waals surface area (Å²) in [6.45, 7) is -4.83. The molecular weight excluding hydrogens is 848 g/mol. The van der Waals surface area contributed by atoms with E-state index in [9.17, 15) is 71.5 Å². The number of hydrogen-bond acceptors (Lipinski definition) is 26. The third-order valence-electron chi connectivity index (χ3n) is 11.7. The van der Waals surface area contributed by atoms with Crippen LogP contribution in [0, 0.1) is 0 Å². The van der Waals surface area contributed by atoms with Crippen molar-refractivity contribution in [2.45, 2.75) is 160 Å². The van der Waals surface area contributed by atoms with Crippen molar-refractivity contribution in [3.8, 4) is 0 Å². The quantitative estimate of drug-likeness (QED) is 0.110. The zero-order valence-corrected chi connectivity index (χ0v) is 32.7. The standard InChI is InChI=1S/C36H56O26/c37-5-13-11-1-4-20(52-13)60-30-16(8-40)57-35(27(49)22(30)44)62-32-18(10-42)58-36(28(50)24(32)46)61-31-17(9-41)56-34(26(48)23(31)45)54-12-2-3-19(51-14(12)6-38)59-29-15(7-39)55-33(53-11)25(47)21(29)43/h1-4,11-50H,5-10H2/t11-,12-,13+,14+,15+,16+,17+,18+,19+,20+,21+,22+,23+,24+,25+,26+,27+,28+,29+,30+,31+,32+,33-,34-,35+,36+/m0/s1. The van der Waals surface area contributed by atoms with Gasteiger partial charge in [-0.1, -0.05) is 12.2 Å². The van der Waals surface area contributed by atoms with Gasteiger partial charge in [-0.05, 0) is 12.2 Å². The normalized spacial score (nSPS) is 52.8. The highest BCUT2D eigenvalue weighted by Crippen LogP contribution is 2.36. The van der Waals surface area contributed by atoms with Crippen molar-refractivity contribution in [2.75, 3.05) is 39.6 Å². The fourth-order valence-corrected chi connectivity index (χ4v) is 8.21. The molecule has 22 heterocycles. The van der Waals surface area contributed by atoms with Crippen molar-refractivity contribution in [3.05, 3.63) is 24.3 Å². The van der Waals surface area contributed by atoms with Crippen LogP contribution >= 0.6 is 0 Å². The van der Waals surface area contributed by atoms with Crippen LogP contribution in [0.2, 0.25) is 0 Å². The molecule has 0 aromatic carbocycles. The Bertz CT molecular complexity index is 1470. The molecule has 62 heavy (non-hydrogen) atoms. The third kappa shape index (κ3) is 9.78. The van der Waals surface area contributed by atoms with Crippen LogP contribution < -0.4 is 0 Å². The van der Waals surface area contributed by atoms with E-state index in [1.807, 2.05) is 0 Å². The first kappa shape index (κ1) is 48.4. The van der Waals surface area contributed by atoms with Crippen LogP contribution in [0.25, 0.3) is 0 Å². The van der Waals surface area contributed by atoms with Gasteiger partial charge in [-0.3, -0.25) is 0 Å². The van der Waals surface area contributed by atoms with Gasteiger partial charge in [-0.25, -0.2) is 0 Å². The Balaban J connectivity index is 1.17. The lowest BCUT2D eigenvalue weighted by Gasteiger charge is -2.49. The Morgan fingerprint density at radius 1 is 0.258 bits per heavy atom. The predicted octanol–water partition coefficient (Wildman–Crippen LogP) is -9.39. The highest BCUT2D eigenvalue weighted by molar-refractivity contribution is 5.05. The minimum absolute atomic E-state index is 0.714. The Labute approximate surface area is 352 Å². The topological polar surface area (TPSA) is 394 Å². The van der Waals surface area contributed by atoms with Crippen molar-refractivity contribution in [3.63, 3.8) is 0 Å². The van der Waals surface area contributed by atoms with Gasteiger partial charge in [0, 0.05) is 0 Å². The van der Waals surface area contributed by atoms with E-state index >= 15 is 0 Å². The van der Waals surface area contributed by atoms with E-state index in [2.05, 4.69) is 0 Å². The van der Waals surface area contributed by atoms with Crippen LogP contribution in [0.3, 0.4) is 0 Å². The lowest BCUT2D eigenvalue weighted by molar-refractivity contribution is -0.385. The zero-order valence-electron chi connectivity index (χ0n) is 32.7. The Hall–Kier alpha value is -1.56. The van der Waals surface area contributed by atoms with E-state index in [0.717, 1.165) is 0 Å². The number of rotatable bonds is 6. The van der Waals surface area contributed by atoms with E-state index in [-0.39, 0.29) is 0 Å². The zero-order chi connectivity index (χ0) is 44.6. The van der Waals surface area contributed by atoms with E-state index in [1.54, 1.807) is 0 Å². The lowest BCUT2D eigenvalue weighted by atomic mass is 9.96. The van der Waals surface area contributed by atoms with Crippen LogP contribution in [0.1, 0.15) is 0 Å². The van der Waals surface area contributed by atoms with E-state index in [4.69, 9.17) is 56.8 Å². The van der Waals surface area contributed by atoms with Crippen molar-refractivity contribution in [1.82, 2.24) is 0 Å². The van der Waals surface area contributed by atoms with Gasteiger partial charge in [0.25, 0.3) is 0 Å². The molecule has 22 aliphatic heterocycles. The van der Waals surface area contributed by atoms with E-state index < -0.39 is 199 Å². The average Bonchev–Trinajstić information content (AvgIpc) is 3.28. The van der Waals surface area contributed by atoms with Crippen LogP contribution in [0.15, 0.2) is 24.3 Å². The largest absolute Gasteiger partial charge is 0.394 e. The van der Waals surface area contributed by atoms with Crippen LogP contribution in [-0.4, -0.2) is 271 Å². The van der Waals surface area contributed by atoms with Crippen molar-refractivity contribution >= 4 is 0 Å². The second-order valence-electron chi connectivity index (χ2n) is 15.7. The van der Waals surface area contributed by atoms with Gasteiger partial charge in [0.15, 0.2) is 37.7 Å². The smallest absolute Gasteiger partial charge is 0.187 e. The summed E-state index contributed by atoms with van der Waals surface area (Å²) in [5.41, 5.74) is 0. The first-order valence-corrected chi connectivity index (χ1v) is 20.1. The number of hydrogen-bond donors (Lipinski definition) is 14. The van der Waals surface area contributed by atoms with Crippen molar-refractivity contribution in [2.24, 2.45) is 0 Å². The van der Waals surface area contributed by atoms with Crippen LogP contribution in [-0.2, 0) is 56.8 Å². The number of aliphatic hydroxyl groups excluding tert-OH is 14. The molecule has 26 atom stereocenters. The summed E-state index contributed by atoms with van der Waals surface area (Å²) in [5.74, 6) is 0. The molecule has 4 saturated heterocycles. The lowest BCUT2D eigenvalue weighted by Crippen LogP contribution is -2.67. The van der Waals surface area contributed by atoms with Crippen LogP contribution in [0.4, 0.5) is 0 Å². The molecule has 0 amide bonds. The molecule has 12 bridgehead atoms. The highest BCUT2D eigenvalue weighted by Gasteiger charge is 2.55. The average molecular weight is 905 g/mol. The summed E-state index contributed by atoms with van der Waals surface area (Å²) < 4.78 is 69.3. The minimum atomic E-state index is -2.04. The maximum atomic E-state index is 11.2. The molecule has 4 fully saturated rings. The summed E-state index contributed by atoms with van der Waals surface area (Å²) >= 11 is 0. The molecule has 14 N–H and O–H groups in total. The number of aliphatic hydroxyl groups is 14. The van der Waals surface area contributed by atoms with Gasteiger partial charge >= 0.3 is 0 Å². The fourth-order valence-electron chi connectivity index (χ4n) is 8.21. The molecule has 26 nitrogen and oxygen atoms in total. The Morgan fingerprint density at radius 2 is 0.516 bits per heavy atom. The van der Waals surface area contributed by atoms with Gasteiger partial charge in [-0.2, -0.15) is 0 Å². The fraction of sp³-hybridized carbons (Fsp3) is 0.889. The number of ether oxygens (including phenoxy) is 12. The molecular formula is C36H56O26. The van der Waals surface area contributed by atoms with Gasteiger partial charge in [0.05, 0.1) is 39.6 Å². The third-order valence-corrected chi connectivity index (χ3v) is 11.7. The van der Waals surface area contributed by atoms with E-state index in [0.29, 0.717) is 0 Å². The summed E-state index contributed by atoms with van der Waals surface area (Å²) in [6, 6.07) is 0. The first-order valence-electron chi connectivity index (χ1n) is 20.1. The predicted molar refractivity (Wildman–Crippen MR) is 190 cm³/mol. The monoisotopic (exact) mass is 904 g/mol. The minimum Gasteiger partial charge on any atom is -0.394 e. The van der Waals surface area contributed by atoms with Crippen LogP contribution in [0.5, 0.6) is 0 Å². The second-order valence-corrected chi connectivity index (χ2v) is 15.7. The molecule has 26 heteroatoms. The summed E-state index contributed by atoms with van der Waals surface area (Å²) in [7, 11) is 0. The maximum Gasteiger partial charge on any atom is 0.187 e. The van der Waals surface area contributed by atoms with Crippen molar-refractivity contribution in [1.29, 1.82) is 0 Å². The van der Waals surface area contributed by atoms with Gasteiger partial charge < -0.3 is 128 Å². The summed E-state index contributed by atoms with van der Waals surface area (Å²) in [4.78, 5) is 0. The summed E-state index contributed by atoms with van der Waals surface area (Å²) in [6.07, 6.45) is -37.2. The summed E-state index contributed by atoms with van der Waals surface area (Å²) in [5, 5.41) is 150. The van der Waals surface area contributed by atoms with Gasteiger partial charge in [0.1, 0.15) is 122 Å². The SMILES string of the molecule is OC[C@H]1O[C@@H]2O[C@H]3[C@H](O)[C@@H](O)[C@@H](O[C@H]4[C@H](O)[C@@H](O)[C@@H](O[C@H]5C=C[C@@H](O[C@H]6[C@H](O)[C@@H](O)[C@@H](O[C@H]7C=C[C@@H](O[C@H]1[C@H](O)[C@H]2O)O[C@@H]7CO)O[C@@H]6CO)O[C@@H]5CO)O[C@@H]4CO)O[C@@H]3CO. The first-order chi connectivity index (χ1) is 29.7. The molecule has 0 unspecified atom stereocenters. The highest BCUT2D eigenvalue weighted by atomic mass is 16.8. The molecule has 0 aliphatic carbocycles. The molecule has 22 rings (SSSR count). The molecule has 356 valence electrons. The second kappa shape index (κ2) is 20.9. The van der Waals surface area contributed by atoms with Crippen molar-refractivity contribution < 1.29 is 128 Å². The molecule has 0 aromatic heterocycles. The van der Waals surface area contributed by atoms with Gasteiger partial charge in [-0.15, -0.1) is 0 Å². The van der Waals surface area contributed by atoms with Gasteiger partial charge in [0.2, 0.25) is 0 Å². The van der Waals surface area contributed by atoms with E-state index in [1.165, 1.54) is 24.3 Å². The molecule has 22 aliphatic rings.